The quantitative estimate of drug-likeness (QED) is 0.901. The first-order valence-electron chi connectivity index (χ1n) is 9.02. The zero-order valence-electron chi connectivity index (χ0n) is 16.1. The molecule has 3 rings (SSSR count). The highest BCUT2D eigenvalue weighted by molar-refractivity contribution is 6.04. The van der Waals surface area contributed by atoms with Crippen molar-refractivity contribution in [2.24, 2.45) is 5.92 Å². The monoisotopic (exact) mass is 350 g/mol. The summed E-state index contributed by atoms with van der Waals surface area (Å²) >= 11 is 0. The molecule has 4 heteroatoms. The molecule has 136 valence electrons. The van der Waals surface area contributed by atoms with Crippen molar-refractivity contribution in [3.63, 3.8) is 0 Å². The van der Waals surface area contributed by atoms with Gasteiger partial charge in [-0.05, 0) is 69.0 Å². The fourth-order valence-corrected chi connectivity index (χ4v) is 3.63. The van der Waals surface area contributed by atoms with Crippen molar-refractivity contribution in [2.45, 2.75) is 41.0 Å². The molecule has 1 saturated heterocycles. The Kier molecular flexibility index (Phi) is 4.86. The Labute approximate surface area is 155 Å². The minimum atomic E-state index is -0.329. The first kappa shape index (κ1) is 18.2. The van der Waals surface area contributed by atoms with Crippen LogP contribution in [0.25, 0.3) is 0 Å². The summed E-state index contributed by atoms with van der Waals surface area (Å²) in [6, 6.07) is 10.1. The van der Waals surface area contributed by atoms with Crippen LogP contribution in [0, 0.1) is 40.5 Å². The summed E-state index contributed by atoms with van der Waals surface area (Å²) in [5, 5.41) is 3.04. The third kappa shape index (κ3) is 3.50. The maximum absolute atomic E-state index is 12.8. The van der Waals surface area contributed by atoms with E-state index in [-0.39, 0.29) is 24.2 Å². The Balaban J connectivity index is 1.76. The molecule has 2 aromatic rings. The van der Waals surface area contributed by atoms with Crippen molar-refractivity contribution in [2.75, 3.05) is 16.8 Å². The molecule has 0 bridgehead atoms. The molecule has 1 aliphatic rings. The average molecular weight is 350 g/mol. The summed E-state index contributed by atoms with van der Waals surface area (Å²) in [5.41, 5.74) is 7.34. The molecule has 2 amide bonds. The molecule has 0 aliphatic carbocycles. The molecule has 1 aliphatic heterocycles. The lowest BCUT2D eigenvalue weighted by Crippen LogP contribution is -2.28. The van der Waals surface area contributed by atoms with Crippen molar-refractivity contribution in [1.29, 1.82) is 0 Å². The van der Waals surface area contributed by atoms with Crippen LogP contribution in [0.5, 0.6) is 0 Å². The van der Waals surface area contributed by atoms with Crippen LogP contribution in [0.4, 0.5) is 11.4 Å². The molecule has 0 aromatic heterocycles. The Morgan fingerprint density at radius 2 is 1.62 bits per heavy atom. The summed E-state index contributed by atoms with van der Waals surface area (Å²) in [6.07, 6.45) is 0.253. The first-order valence-corrected chi connectivity index (χ1v) is 9.02. The maximum atomic E-state index is 12.8. The lowest BCUT2D eigenvalue weighted by molar-refractivity contribution is -0.122. The number of amides is 2. The van der Waals surface area contributed by atoms with Gasteiger partial charge in [-0.1, -0.05) is 23.8 Å². The van der Waals surface area contributed by atoms with Crippen LogP contribution in [0.2, 0.25) is 0 Å². The van der Waals surface area contributed by atoms with E-state index < -0.39 is 0 Å². The molecular formula is C22H26N2O2. The summed E-state index contributed by atoms with van der Waals surface area (Å²) in [5.74, 6) is -0.408. The smallest absolute Gasteiger partial charge is 0.229 e. The predicted molar refractivity (Wildman–Crippen MR) is 106 cm³/mol. The van der Waals surface area contributed by atoms with Crippen LogP contribution < -0.4 is 10.2 Å². The van der Waals surface area contributed by atoms with Gasteiger partial charge in [0.15, 0.2) is 0 Å². The van der Waals surface area contributed by atoms with E-state index >= 15 is 0 Å². The average Bonchev–Trinajstić information content (AvgIpc) is 2.95. The molecule has 1 heterocycles. The summed E-state index contributed by atoms with van der Waals surface area (Å²) < 4.78 is 0. The van der Waals surface area contributed by atoms with Crippen molar-refractivity contribution in [3.8, 4) is 0 Å². The number of carbonyl (C=O) groups excluding carboxylic acids is 2. The Morgan fingerprint density at radius 3 is 2.23 bits per heavy atom. The highest BCUT2D eigenvalue weighted by Crippen LogP contribution is 2.29. The number of carbonyl (C=O) groups is 2. The van der Waals surface area contributed by atoms with Gasteiger partial charge in [0.05, 0.1) is 5.92 Å². The van der Waals surface area contributed by atoms with E-state index in [0.717, 1.165) is 28.1 Å². The number of hydrogen-bond acceptors (Lipinski definition) is 2. The minimum absolute atomic E-state index is 0.00533. The molecule has 1 N–H and O–H groups in total. The number of rotatable bonds is 3. The van der Waals surface area contributed by atoms with Crippen LogP contribution in [-0.4, -0.2) is 18.4 Å². The van der Waals surface area contributed by atoms with Gasteiger partial charge in [-0.15, -0.1) is 0 Å². The zero-order valence-corrected chi connectivity index (χ0v) is 16.1. The van der Waals surface area contributed by atoms with Crippen LogP contribution in [-0.2, 0) is 9.59 Å². The third-order valence-electron chi connectivity index (χ3n) is 5.22. The third-order valence-corrected chi connectivity index (χ3v) is 5.22. The minimum Gasteiger partial charge on any atom is -0.325 e. The van der Waals surface area contributed by atoms with Gasteiger partial charge < -0.3 is 10.2 Å². The molecule has 0 radical (unpaired) electrons. The Bertz CT molecular complexity index is 863. The van der Waals surface area contributed by atoms with Gasteiger partial charge in [0.25, 0.3) is 0 Å². The van der Waals surface area contributed by atoms with E-state index in [9.17, 15) is 9.59 Å². The van der Waals surface area contributed by atoms with Crippen molar-refractivity contribution in [1.82, 2.24) is 0 Å². The normalized spacial score (nSPS) is 16.9. The van der Waals surface area contributed by atoms with Gasteiger partial charge in [-0.25, -0.2) is 0 Å². The van der Waals surface area contributed by atoms with Gasteiger partial charge in [0.1, 0.15) is 0 Å². The van der Waals surface area contributed by atoms with E-state index in [1.807, 2.05) is 52.8 Å². The first-order chi connectivity index (χ1) is 12.3. The second-order valence-corrected chi connectivity index (χ2v) is 7.44. The van der Waals surface area contributed by atoms with E-state index in [4.69, 9.17) is 0 Å². The number of nitrogens with zero attached hydrogens (tertiary/aromatic N) is 1. The molecule has 0 saturated carbocycles. The van der Waals surface area contributed by atoms with E-state index in [1.165, 1.54) is 11.1 Å². The topological polar surface area (TPSA) is 49.4 Å². The maximum Gasteiger partial charge on any atom is 0.229 e. The predicted octanol–water partition coefficient (Wildman–Crippen LogP) is 4.22. The van der Waals surface area contributed by atoms with Crippen molar-refractivity contribution >= 4 is 23.2 Å². The van der Waals surface area contributed by atoms with Gasteiger partial charge in [-0.2, -0.15) is 0 Å². The number of nitrogens with one attached hydrogen (secondary N) is 1. The number of benzene rings is 2. The fraction of sp³-hybridized carbons (Fsp3) is 0.364. The van der Waals surface area contributed by atoms with Gasteiger partial charge >= 0.3 is 0 Å². The highest BCUT2D eigenvalue weighted by Gasteiger charge is 2.35. The highest BCUT2D eigenvalue weighted by atomic mass is 16.2. The van der Waals surface area contributed by atoms with E-state index in [1.54, 1.807) is 4.90 Å². The fourth-order valence-electron chi connectivity index (χ4n) is 3.63. The van der Waals surface area contributed by atoms with Crippen LogP contribution >= 0.6 is 0 Å². The summed E-state index contributed by atoms with van der Waals surface area (Å²) in [6.45, 7) is 10.5. The lowest BCUT2D eigenvalue weighted by atomic mass is 10.0. The number of aryl methyl sites for hydroxylation is 5. The number of hydrogen-bond donors (Lipinski definition) is 1. The molecule has 1 atom stereocenters. The van der Waals surface area contributed by atoms with Gasteiger partial charge in [0, 0.05) is 24.3 Å². The zero-order chi connectivity index (χ0) is 19.0. The van der Waals surface area contributed by atoms with E-state index in [2.05, 4.69) is 17.4 Å². The van der Waals surface area contributed by atoms with Crippen molar-refractivity contribution < 1.29 is 9.59 Å². The van der Waals surface area contributed by atoms with E-state index in [0.29, 0.717) is 6.54 Å². The molecule has 1 fully saturated rings. The number of anilines is 2. The molecule has 2 aromatic carbocycles. The molecular weight excluding hydrogens is 324 g/mol. The van der Waals surface area contributed by atoms with Gasteiger partial charge in [0.2, 0.25) is 11.8 Å². The van der Waals surface area contributed by atoms with Crippen molar-refractivity contribution in [3.05, 3.63) is 58.1 Å². The van der Waals surface area contributed by atoms with Gasteiger partial charge in [-0.3, -0.25) is 9.59 Å². The summed E-state index contributed by atoms with van der Waals surface area (Å²) in [7, 11) is 0. The second kappa shape index (κ2) is 6.94. The molecule has 26 heavy (non-hydrogen) atoms. The lowest BCUT2D eigenvalue weighted by Gasteiger charge is -2.19. The summed E-state index contributed by atoms with van der Waals surface area (Å²) in [4.78, 5) is 26.9. The molecule has 0 unspecified atom stereocenters. The Hall–Kier alpha value is -2.62. The largest absolute Gasteiger partial charge is 0.325 e. The standard InChI is InChI=1S/C22H26N2O2/c1-13-8-16(4)21(17(5)9-13)23-22(26)18-11-20(25)24(12-18)19-7-6-14(2)15(3)10-19/h6-10,18H,11-12H2,1-5H3,(H,23,26)/t18-/m0/s1. The second-order valence-electron chi connectivity index (χ2n) is 7.44. The molecule has 4 nitrogen and oxygen atoms in total. The van der Waals surface area contributed by atoms with Crippen LogP contribution in [0.1, 0.15) is 34.2 Å². The Morgan fingerprint density at radius 1 is 0.962 bits per heavy atom. The SMILES string of the molecule is Cc1cc(C)c(NC(=O)[C@H]2CC(=O)N(c3ccc(C)c(C)c3)C2)c(C)c1. The molecule has 0 spiro atoms. The van der Waals surface area contributed by atoms with Crippen LogP contribution in [0.3, 0.4) is 0 Å². The van der Waals surface area contributed by atoms with Crippen LogP contribution in [0.15, 0.2) is 30.3 Å².